The molecule has 0 aliphatic carbocycles. The van der Waals surface area contributed by atoms with Crippen molar-refractivity contribution in [3.8, 4) is 5.82 Å². The molecule has 0 saturated heterocycles. The zero-order valence-electron chi connectivity index (χ0n) is 12.7. The third kappa shape index (κ3) is 3.44. The largest absolute Gasteiger partial charge is 0.460 e. The van der Waals surface area contributed by atoms with Crippen molar-refractivity contribution >= 4 is 11.6 Å². The van der Waals surface area contributed by atoms with Gasteiger partial charge in [-0.3, -0.25) is 4.57 Å². The summed E-state index contributed by atoms with van der Waals surface area (Å²) < 4.78 is 129. The Bertz CT molecular complexity index is 853. The molecule has 0 unspecified atom stereocenters. The minimum atomic E-state index is -6.57. The van der Waals surface area contributed by atoms with Crippen molar-refractivity contribution in [1.82, 2.24) is 14.5 Å². The van der Waals surface area contributed by atoms with Gasteiger partial charge in [-0.1, -0.05) is 11.6 Å². The van der Waals surface area contributed by atoms with Gasteiger partial charge in [0.1, 0.15) is 12.0 Å². The predicted octanol–water partition coefficient (Wildman–Crippen LogP) is 5.54. The van der Waals surface area contributed by atoms with Crippen LogP contribution in [0.4, 0.5) is 43.9 Å². The summed E-state index contributed by atoms with van der Waals surface area (Å²) in [5, 5.41) is -0.720. The molecule has 27 heavy (non-hydrogen) atoms. The molecule has 0 fully saturated rings. The van der Waals surface area contributed by atoms with Gasteiger partial charge in [-0.2, -0.15) is 43.9 Å². The van der Waals surface area contributed by atoms with Crippen molar-refractivity contribution in [2.75, 3.05) is 0 Å². The summed E-state index contributed by atoms with van der Waals surface area (Å²) in [5.41, 5.74) is -4.14. The highest BCUT2D eigenvalue weighted by Gasteiger charge is 2.74. The van der Waals surface area contributed by atoms with Crippen LogP contribution >= 0.6 is 11.6 Å². The quantitative estimate of drug-likeness (QED) is 0.600. The fourth-order valence-electron chi connectivity index (χ4n) is 2.02. The van der Waals surface area contributed by atoms with E-state index in [-0.39, 0.29) is 6.20 Å². The molecule has 0 atom stereocenters. The van der Waals surface area contributed by atoms with E-state index in [4.69, 9.17) is 11.6 Å². The van der Waals surface area contributed by atoms with Crippen LogP contribution in [0.15, 0.2) is 18.6 Å². The fourth-order valence-corrected chi connectivity index (χ4v) is 2.28. The first-order valence-corrected chi connectivity index (χ1v) is 6.99. The highest BCUT2D eigenvalue weighted by atomic mass is 35.5. The number of nitrogens with zero attached hydrogens (tertiary/aromatic N) is 3. The minimum Gasteiger partial charge on any atom is -0.286 e. The van der Waals surface area contributed by atoms with E-state index in [0.717, 1.165) is 0 Å². The molecule has 3 nitrogen and oxygen atoms in total. The van der Waals surface area contributed by atoms with Crippen LogP contribution in [0.3, 0.4) is 0 Å². The maximum atomic E-state index is 13.8. The van der Waals surface area contributed by atoms with Crippen molar-refractivity contribution < 1.29 is 43.9 Å². The molecule has 150 valence electrons. The number of hydrogen-bond donors (Lipinski definition) is 0. The van der Waals surface area contributed by atoms with Crippen molar-refractivity contribution in [2.45, 2.75) is 31.1 Å². The number of halogens is 11. The van der Waals surface area contributed by atoms with Crippen LogP contribution in [0, 0.1) is 6.92 Å². The molecule has 0 aromatic carbocycles. The first-order chi connectivity index (χ1) is 12.0. The number of aromatic nitrogens is 3. The molecule has 2 aromatic rings. The van der Waals surface area contributed by atoms with Crippen molar-refractivity contribution in [3.05, 3.63) is 40.6 Å². The summed E-state index contributed by atoms with van der Waals surface area (Å²) in [6.07, 6.45) is -10.7. The molecule has 0 radical (unpaired) electrons. The van der Waals surface area contributed by atoms with E-state index >= 15 is 0 Å². The number of alkyl halides is 10. The second kappa shape index (κ2) is 6.24. The number of imidazole rings is 1. The third-order valence-electron chi connectivity index (χ3n) is 3.43. The van der Waals surface area contributed by atoms with Crippen LogP contribution in [-0.4, -0.2) is 26.6 Å². The Morgan fingerprint density at radius 3 is 1.93 bits per heavy atom. The van der Waals surface area contributed by atoms with Gasteiger partial charge in [-0.05, 0) is 13.0 Å². The van der Waals surface area contributed by atoms with E-state index in [1.807, 2.05) is 0 Å². The van der Waals surface area contributed by atoms with E-state index < -0.39 is 52.0 Å². The van der Waals surface area contributed by atoms with Crippen LogP contribution in [0.5, 0.6) is 0 Å². The fraction of sp³-hybridized carbons (Fsp3) is 0.385. The average molecular weight is 430 g/mol. The molecule has 2 aromatic heterocycles. The highest BCUT2D eigenvalue weighted by molar-refractivity contribution is 6.32. The average Bonchev–Trinajstić information content (AvgIpc) is 2.87. The van der Waals surface area contributed by atoms with Gasteiger partial charge < -0.3 is 0 Å². The Kier molecular flexibility index (Phi) is 4.91. The van der Waals surface area contributed by atoms with Crippen LogP contribution in [0.2, 0.25) is 5.02 Å². The normalized spacial score (nSPS) is 13.9. The zero-order valence-corrected chi connectivity index (χ0v) is 13.5. The monoisotopic (exact) mass is 429 g/mol. The lowest BCUT2D eigenvalue weighted by Crippen LogP contribution is -2.50. The van der Waals surface area contributed by atoms with E-state index in [0.29, 0.717) is 23.9 Å². The van der Waals surface area contributed by atoms with Crippen molar-refractivity contribution in [2.24, 2.45) is 0 Å². The second-order valence-corrected chi connectivity index (χ2v) is 5.63. The van der Waals surface area contributed by atoms with E-state index in [1.165, 1.54) is 0 Å². The lowest BCUT2D eigenvalue weighted by Gasteiger charge is -2.27. The summed E-state index contributed by atoms with van der Waals surface area (Å²) in [4.78, 5) is 6.17. The van der Waals surface area contributed by atoms with E-state index in [9.17, 15) is 43.9 Å². The van der Waals surface area contributed by atoms with Gasteiger partial charge >= 0.3 is 24.2 Å². The minimum absolute atomic E-state index is 0.281. The smallest absolute Gasteiger partial charge is 0.286 e. The molecule has 0 saturated carbocycles. The first kappa shape index (κ1) is 21.3. The van der Waals surface area contributed by atoms with Crippen LogP contribution in [0.25, 0.3) is 5.82 Å². The van der Waals surface area contributed by atoms with Gasteiger partial charge in [0.15, 0.2) is 5.82 Å². The lowest BCUT2D eigenvalue weighted by atomic mass is 10.1. The van der Waals surface area contributed by atoms with Gasteiger partial charge in [0, 0.05) is 6.20 Å². The number of pyridine rings is 1. The molecule has 0 aliphatic rings. The molecular weight excluding hydrogens is 424 g/mol. The lowest BCUT2D eigenvalue weighted by molar-refractivity contribution is -0.360. The van der Waals surface area contributed by atoms with Crippen molar-refractivity contribution in [1.29, 1.82) is 0 Å². The van der Waals surface area contributed by atoms with Crippen LogP contribution < -0.4 is 0 Å². The molecule has 2 rings (SSSR count). The van der Waals surface area contributed by atoms with Crippen LogP contribution in [-0.2, 0) is 12.1 Å². The maximum absolute atomic E-state index is 13.8. The van der Waals surface area contributed by atoms with Crippen molar-refractivity contribution in [3.63, 3.8) is 0 Å². The highest BCUT2D eigenvalue weighted by Crippen LogP contribution is 2.52. The molecular formula is C13H6ClF10N3. The molecule has 2 heterocycles. The van der Waals surface area contributed by atoms with E-state index in [2.05, 4.69) is 9.97 Å². The summed E-state index contributed by atoms with van der Waals surface area (Å²) in [7, 11) is 0. The number of hydrogen-bond acceptors (Lipinski definition) is 2. The Morgan fingerprint density at radius 1 is 0.926 bits per heavy atom. The molecule has 0 N–H and O–H groups in total. The van der Waals surface area contributed by atoms with Gasteiger partial charge in [0.25, 0.3) is 0 Å². The molecule has 0 spiro atoms. The van der Waals surface area contributed by atoms with Crippen LogP contribution in [0.1, 0.15) is 17.0 Å². The summed E-state index contributed by atoms with van der Waals surface area (Å²) in [5.74, 6) is -12.8. The Morgan fingerprint density at radius 2 is 1.48 bits per heavy atom. The molecule has 0 aliphatic heterocycles. The molecule has 0 bridgehead atoms. The Balaban J connectivity index is 2.56. The third-order valence-corrected chi connectivity index (χ3v) is 3.71. The van der Waals surface area contributed by atoms with Gasteiger partial charge in [0.05, 0.1) is 16.3 Å². The predicted molar refractivity (Wildman–Crippen MR) is 71.0 cm³/mol. The Hall–Kier alpha value is -2.05. The SMILES string of the molecule is Cc1c(C(F)(F)C(F)(F)C(F)(F)F)ncn1-c1ncc(C(F)(F)F)cc1Cl. The number of rotatable bonds is 3. The topological polar surface area (TPSA) is 30.7 Å². The first-order valence-electron chi connectivity index (χ1n) is 6.61. The Labute approximate surface area is 148 Å². The standard InChI is InChI=1S/C13H6ClF10N3/c1-5-8(10(15,16)12(20,21)13(22,23)24)26-4-27(5)9-7(14)2-6(3-25-9)11(17,18)19/h2-4H,1H3. The van der Waals surface area contributed by atoms with Gasteiger partial charge in [-0.15, -0.1) is 0 Å². The summed E-state index contributed by atoms with van der Waals surface area (Å²) in [6.45, 7) is 0.707. The van der Waals surface area contributed by atoms with Gasteiger partial charge in [-0.25, -0.2) is 9.97 Å². The summed E-state index contributed by atoms with van der Waals surface area (Å²) in [6, 6.07) is 0.380. The molecule has 14 heteroatoms. The van der Waals surface area contributed by atoms with Gasteiger partial charge in [0.2, 0.25) is 0 Å². The summed E-state index contributed by atoms with van der Waals surface area (Å²) >= 11 is 5.60. The maximum Gasteiger partial charge on any atom is 0.460 e. The molecule has 0 amide bonds. The van der Waals surface area contributed by atoms with E-state index in [1.54, 1.807) is 0 Å². The second-order valence-electron chi connectivity index (χ2n) is 5.22. The zero-order chi connectivity index (χ0) is 21.0.